The second-order valence-electron chi connectivity index (χ2n) is 4.74. The molecule has 116 valence electrons. The van der Waals surface area contributed by atoms with Crippen molar-refractivity contribution in [3.63, 3.8) is 0 Å². The van der Waals surface area contributed by atoms with Crippen LogP contribution in [0.1, 0.15) is 5.82 Å². The van der Waals surface area contributed by atoms with Gasteiger partial charge in [-0.25, -0.2) is 14.4 Å². The van der Waals surface area contributed by atoms with Gasteiger partial charge < -0.3 is 15.0 Å². The van der Waals surface area contributed by atoms with Gasteiger partial charge in [0.25, 0.3) is 5.91 Å². The maximum atomic E-state index is 12.7. The van der Waals surface area contributed by atoms with Crippen molar-refractivity contribution in [2.24, 2.45) is 0 Å². The van der Waals surface area contributed by atoms with Crippen LogP contribution in [-0.2, 0) is 11.3 Å². The Morgan fingerprint density at radius 3 is 2.68 bits per heavy atom. The molecule has 0 saturated heterocycles. The van der Waals surface area contributed by atoms with Crippen LogP contribution in [-0.4, -0.2) is 36.6 Å². The Hall–Kier alpha value is -2.70. The zero-order valence-corrected chi connectivity index (χ0v) is 12.4. The Balaban J connectivity index is 1.80. The van der Waals surface area contributed by atoms with Crippen LogP contribution in [0.15, 0.2) is 36.5 Å². The number of nitrogens with zero attached hydrogens (tertiary/aromatic N) is 3. The van der Waals surface area contributed by atoms with E-state index in [0.29, 0.717) is 11.6 Å². The van der Waals surface area contributed by atoms with Crippen molar-refractivity contribution in [2.45, 2.75) is 6.54 Å². The molecule has 0 atom stereocenters. The number of carbonyl (C=O) groups is 1. The monoisotopic (exact) mass is 304 g/mol. The molecule has 0 unspecified atom stereocenters. The van der Waals surface area contributed by atoms with E-state index in [-0.39, 0.29) is 24.9 Å². The second-order valence-corrected chi connectivity index (χ2v) is 4.74. The first-order chi connectivity index (χ1) is 10.5. The predicted octanol–water partition coefficient (Wildman–Crippen LogP) is 1.38. The summed E-state index contributed by atoms with van der Waals surface area (Å²) in [6.45, 7) is 0.0618. The van der Waals surface area contributed by atoms with E-state index in [0.717, 1.165) is 5.82 Å². The number of halogens is 1. The fourth-order valence-corrected chi connectivity index (χ4v) is 1.63. The number of rotatable bonds is 6. The molecule has 0 spiro atoms. The van der Waals surface area contributed by atoms with Gasteiger partial charge in [0.15, 0.2) is 6.61 Å². The van der Waals surface area contributed by atoms with Crippen LogP contribution in [0.5, 0.6) is 5.75 Å². The Bertz CT molecular complexity index is 632. The molecule has 0 saturated carbocycles. The van der Waals surface area contributed by atoms with Crippen LogP contribution in [0.25, 0.3) is 0 Å². The third-order valence-corrected chi connectivity index (χ3v) is 2.78. The van der Waals surface area contributed by atoms with Crippen molar-refractivity contribution >= 4 is 11.7 Å². The van der Waals surface area contributed by atoms with E-state index in [9.17, 15) is 9.18 Å². The van der Waals surface area contributed by atoms with Crippen LogP contribution in [0.2, 0.25) is 0 Å². The third kappa shape index (κ3) is 4.69. The molecule has 1 heterocycles. The molecule has 1 amide bonds. The molecule has 7 heteroatoms. The molecule has 2 aromatic rings. The van der Waals surface area contributed by atoms with Gasteiger partial charge in [0.2, 0.25) is 0 Å². The summed E-state index contributed by atoms with van der Waals surface area (Å²) < 4.78 is 18.0. The molecule has 0 radical (unpaired) electrons. The van der Waals surface area contributed by atoms with Crippen molar-refractivity contribution < 1.29 is 13.9 Å². The fraction of sp³-hybridized carbons (Fsp3) is 0.267. The minimum absolute atomic E-state index is 0.154. The summed E-state index contributed by atoms with van der Waals surface area (Å²) in [7, 11) is 3.75. The molecule has 1 aromatic carbocycles. The number of aromatic nitrogens is 2. The highest BCUT2D eigenvalue weighted by atomic mass is 19.1. The SMILES string of the molecule is CN(C)c1ccnc(CNC(=O)COc2ccc(F)cc2)n1. The van der Waals surface area contributed by atoms with E-state index in [1.54, 1.807) is 12.3 Å². The highest BCUT2D eigenvalue weighted by molar-refractivity contribution is 5.77. The topological polar surface area (TPSA) is 67.4 Å². The van der Waals surface area contributed by atoms with Gasteiger partial charge in [-0.3, -0.25) is 4.79 Å². The average Bonchev–Trinajstić information content (AvgIpc) is 2.52. The van der Waals surface area contributed by atoms with Gasteiger partial charge in [-0.2, -0.15) is 0 Å². The standard InChI is InChI=1S/C15H17FN4O2/c1-20(2)14-7-8-17-13(19-14)9-18-15(21)10-22-12-5-3-11(16)4-6-12/h3-8H,9-10H2,1-2H3,(H,18,21). The molecular formula is C15H17FN4O2. The summed E-state index contributed by atoms with van der Waals surface area (Å²) in [4.78, 5) is 21.9. The predicted molar refractivity (Wildman–Crippen MR) is 80.1 cm³/mol. The lowest BCUT2D eigenvalue weighted by molar-refractivity contribution is -0.123. The number of carbonyl (C=O) groups excluding carboxylic acids is 1. The molecule has 1 aromatic heterocycles. The van der Waals surface area contributed by atoms with Crippen molar-refractivity contribution in [1.29, 1.82) is 0 Å². The first kappa shape index (κ1) is 15.7. The van der Waals surface area contributed by atoms with Crippen LogP contribution in [0.3, 0.4) is 0 Å². The van der Waals surface area contributed by atoms with E-state index in [2.05, 4.69) is 15.3 Å². The van der Waals surface area contributed by atoms with Gasteiger partial charge >= 0.3 is 0 Å². The molecule has 0 bridgehead atoms. The molecule has 1 N–H and O–H groups in total. The molecule has 0 aliphatic rings. The number of anilines is 1. The Labute approximate surface area is 128 Å². The summed E-state index contributed by atoms with van der Waals surface area (Å²) in [6, 6.07) is 7.25. The Morgan fingerprint density at radius 1 is 1.27 bits per heavy atom. The number of amides is 1. The summed E-state index contributed by atoms with van der Waals surface area (Å²) in [5, 5.41) is 2.67. The Morgan fingerprint density at radius 2 is 2.00 bits per heavy atom. The maximum Gasteiger partial charge on any atom is 0.258 e. The largest absolute Gasteiger partial charge is 0.484 e. The molecular weight excluding hydrogens is 287 g/mol. The van der Waals surface area contributed by atoms with Crippen LogP contribution >= 0.6 is 0 Å². The molecule has 22 heavy (non-hydrogen) atoms. The van der Waals surface area contributed by atoms with Gasteiger partial charge in [-0.1, -0.05) is 0 Å². The van der Waals surface area contributed by atoms with E-state index in [1.165, 1.54) is 24.3 Å². The fourth-order valence-electron chi connectivity index (χ4n) is 1.63. The van der Waals surface area contributed by atoms with Crippen molar-refractivity contribution in [3.05, 3.63) is 48.2 Å². The molecule has 2 rings (SSSR count). The first-order valence-electron chi connectivity index (χ1n) is 6.69. The van der Waals surface area contributed by atoms with E-state index in [1.807, 2.05) is 19.0 Å². The number of benzene rings is 1. The maximum absolute atomic E-state index is 12.7. The third-order valence-electron chi connectivity index (χ3n) is 2.78. The summed E-state index contributed by atoms with van der Waals surface area (Å²) in [5.74, 6) is 1.06. The van der Waals surface area contributed by atoms with E-state index < -0.39 is 0 Å². The lowest BCUT2D eigenvalue weighted by Crippen LogP contribution is -2.29. The summed E-state index contributed by atoms with van der Waals surface area (Å²) >= 11 is 0. The lowest BCUT2D eigenvalue weighted by Gasteiger charge is -2.12. The quantitative estimate of drug-likeness (QED) is 0.873. The zero-order chi connectivity index (χ0) is 15.9. The van der Waals surface area contributed by atoms with Gasteiger partial charge in [0.1, 0.15) is 23.2 Å². The van der Waals surface area contributed by atoms with Crippen LogP contribution in [0, 0.1) is 5.82 Å². The van der Waals surface area contributed by atoms with Crippen LogP contribution in [0.4, 0.5) is 10.2 Å². The second kappa shape index (κ2) is 7.35. The smallest absolute Gasteiger partial charge is 0.258 e. The molecule has 6 nitrogen and oxygen atoms in total. The van der Waals surface area contributed by atoms with E-state index in [4.69, 9.17) is 4.74 Å². The van der Waals surface area contributed by atoms with Gasteiger partial charge in [-0.05, 0) is 30.3 Å². The molecule has 0 fully saturated rings. The molecule has 0 aliphatic carbocycles. The van der Waals surface area contributed by atoms with Crippen molar-refractivity contribution in [1.82, 2.24) is 15.3 Å². The van der Waals surface area contributed by atoms with Crippen LogP contribution < -0.4 is 15.0 Å². The number of nitrogens with one attached hydrogen (secondary N) is 1. The minimum Gasteiger partial charge on any atom is -0.484 e. The zero-order valence-electron chi connectivity index (χ0n) is 12.4. The van der Waals surface area contributed by atoms with E-state index >= 15 is 0 Å². The summed E-state index contributed by atoms with van der Waals surface area (Å²) in [6.07, 6.45) is 1.64. The van der Waals surface area contributed by atoms with Gasteiger partial charge in [0, 0.05) is 20.3 Å². The minimum atomic E-state index is -0.352. The average molecular weight is 304 g/mol. The van der Waals surface area contributed by atoms with Crippen molar-refractivity contribution in [2.75, 3.05) is 25.6 Å². The lowest BCUT2D eigenvalue weighted by atomic mass is 10.3. The van der Waals surface area contributed by atoms with Crippen molar-refractivity contribution in [3.8, 4) is 5.75 Å². The number of ether oxygens (including phenoxy) is 1. The molecule has 0 aliphatic heterocycles. The highest BCUT2D eigenvalue weighted by Crippen LogP contribution is 2.10. The van der Waals surface area contributed by atoms with Gasteiger partial charge in [-0.15, -0.1) is 0 Å². The highest BCUT2D eigenvalue weighted by Gasteiger charge is 2.06. The number of hydrogen-bond acceptors (Lipinski definition) is 5. The number of hydrogen-bond donors (Lipinski definition) is 1. The van der Waals surface area contributed by atoms with Gasteiger partial charge in [0.05, 0.1) is 6.54 Å². The summed E-state index contributed by atoms with van der Waals surface area (Å²) in [5.41, 5.74) is 0. The Kier molecular flexibility index (Phi) is 5.24. The first-order valence-corrected chi connectivity index (χ1v) is 6.69. The normalized spacial score (nSPS) is 10.1.